The number of rotatable bonds is 19. The number of nitrogens with one attached hydrogen (secondary N) is 2. The molecule has 0 fully saturated rings. The number of carbonyl (C=O) groups is 1. The van der Waals surface area contributed by atoms with Crippen molar-refractivity contribution in [1.29, 1.82) is 0 Å². The van der Waals surface area contributed by atoms with Crippen LogP contribution < -0.4 is 16.6 Å². The van der Waals surface area contributed by atoms with Crippen LogP contribution in [-0.4, -0.2) is 25.3 Å². The topological polar surface area (TPSA) is 79.5 Å². The van der Waals surface area contributed by atoms with Crippen LogP contribution in [0.25, 0.3) is 0 Å². The Labute approximate surface area is 162 Å². The van der Waals surface area contributed by atoms with Crippen molar-refractivity contribution < 1.29 is 4.79 Å². The van der Waals surface area contributed by atoms with Crippen LogP contribution in [0.5, 0.6) is 0 Å². The Hall–Kier alpha value is -1.10. The van der Waals surface area contributed by atoms with E-state index >= 15 is 0 Å². The predicted octanol–water partition coefficient (Wildman–Crippen LogP) is 4.71. The zero-order chi connectivity index (χ0) is 19.3. The SMILES string of the molecule is CC(C)CCCCCCCCCCCCC(=O)NCCCCN=CNN. The summed E-state index contributed by atoms with van der Waals surface area (Å²) in [5.74, 6) is 6.13. The number of aliphatic imine (C=N–C) groups is 1. The normalized spacial score (nSPS) is 11.4. The minimum atomic E-state index is 0.193. The van der Waals surface area contributed by atoms with Crippen molar-refractivity contribution in [2.45, 2.75) is 104 Å². The maximum absolute atomic E-state index is 11.7. The third-order valence-corrected chi connectivity index (χ3v) is 4.64. The zero-order valence-electron chi connectivity index (χ0n) is 17.4. The summed E-state index contributed by atoms with van der Waals surface area (Å²) in [5, 5.41) is 2.98. The second kappa shape index (κ2) is 20.2. The lowest BCUT2D eigenvalue weighted by molar-refractivity contribution is -0.121. The summed E-state index contributed by atoms with van der Waals surface area (Å²) in [6.07, 6.45) is 18.6. The number of amides is 1. The number of hydrogen-bond donors (Lipinski definition) is 3. The third kappa shape index (κ3) is 20.9. The van der Waals surface area contributed by atoms with E-state index in [9.17, 15) is 4.79 Å². The van der Waals surface area contributed by atoms with Crippen molar-refractivity contribution in [2.75, 3.05) is 13.1 Å². The van der Waals surface area contributed by atoms with E-state index in [1.54, 1.807) is 0 Å². The maximum Gasteiger partial charge on any atom is 0.219 e. The molecule has 0 radical (unpaired) electrons. The molecule has 0 heterocycles. The van der Waals surface area contributed by atoms with Crippen LogP contribution in [0.2, 0.25) is 0 Å². The molecule has 0 unspecified atom stereocenters. The smallest absolute Gasteiger partial charge is 0.219 e. The molecule has 0 aliphatic heterocycles. The fourth-order valence-corrected chi connectivity index (χ4v) is 3.01. The molecule has 26 heavy (non-hydrogen) atoms. The second-order valence-electron chi connectivity index (χ2n) is 7.73. The van der Waals surface area contributed by atoms with E-state index in [2.05, 4.69) is 29.6 Å². The fourth-order valence-electron chi connectivity index (χ4n) is 3.01. The molecule has 0 aromatic rings. The van der Waals surface area contributed by atoms with Crippen LogP contribution in [0.15, 0.2) is 4.99 Å². The van der Waals surface area contributed by atoms with Crippen molar-refractivity contribution in [2.24, 2.45) is 16.8 Å². The monoisotopic (exact) mass is 368 g/mol. The average molecular weight is 369 g/mol. The summed E-state index contributed by atoms with van der Waals surface area (Å²) in [5.41, 5.74) is 2.37. The standard InChI is InChI=1S/C21H44N4O/c1-20(2)15-11-9-7-5-3-4-6-8-10-12-16-21(26)24-18-14-13-17-23-19-25-22/h19-20H,3-18,22H2,1-2H3,(H,23,25)(H,24,26). The van der Waals surface area contributed by atoms with E-state index in [-0.39, 0.29) is 5.91 Å². The highest BCUT2D eigenvalue weighted by Crippen LogP contribution is 2.13. The summed E-state index contributed by atoms with van der Waals surface area (Å²) in [4.78, 5) is 15.8. The van der Waals surface area contributed by atoms with Gasteiger partial charge in [0.2, 0.25) is 5.91 Å². The molecule has 154 valence electrons. The van der Waals surface area contributed by atoms with E-state index < -0.39 is 0 Å². The van der Waals surface area contributed by atoms with Crippen molar-refractivity contribution in [3.63, 3.8) is 0 Å². The average Bonchev–Trinajstić information content (AvgIpc) is 2.61. The zero-order valence-corrected chi connectivity index (χ0v) is 17.4. The lowest BCUT2D eigenvalue weighted by Crippen LogP contribution is -2.24. The molecule has 0 rings (SSSR count). The summed E-state index contributed by atoms with van der Waals surface area (Å²) in [7, 11) is 0. The number of nitrogens with zero attached hydrogens (tertiary/aromatic N) is 1. The van der Waals surface area contributed by atoms with Gasteiger partial charge in [0, 0.05) is 19.5 Å². The molecular weight excluding hydrogens is 324 g/mol. The number of hydrogen-bond acceptors (Lipinski definition) is 3. The third-order valence-electron chi connectivity index (χ3n) is 4.64. The van der Waals surface area contributed by atoms with Crippen LogP contribution in [0.4, 0.5) is 0 Å². The van der Waals surface area contributed by atoms with Crippen LogP contribution in [0.1, 0.15) is 104 Å². The van der Waals surface area contributed by atoms with E-state index in [0.717, 1.165) is 38.3 Å². The highest BCUT2D eigenvalue weighted by Gasteiger charge is 2.00. The Kier molecular flexibility index (Phi) is 19.4. The Morgan fingerprint density at radius 1 is 0.885 bits per heavy atom. The Bertz CT molecular complexity index is 332. The first-order valence-corrected chi connectivity index (χ1v) is 10.9. The summed E-state index contributed by atoms with van der Waals surface area (Å²) in [6, 6.07) is 0. The molecular formula is C21H44N4O. The maximum atomic E-state index is 11.7. The van der Waals surface area contributed by atoms with Gasteiger partial charge in [0.15, 0.2) is 0 Å². The van der Waals surface area contributed by atoms with Crippen molar-refractivity contribution >= 4 is 12.2 Å². The molecule has 5 heteroatoms. The van der Waals surface area contributed by atoms with Crippen LogP contribution in [-0.2, 0) is 4.79 Å². The van der Waals surface area contributed by atoms with Gasteiger partial charge in [-0.3, -0.25) is 9.79 Å². The molecule has 1 amide bonds. The quantitative estimate of drug-likeness (QED) is 0.102. The van der Waals surface area contributed by atoms with Gasteiger partial charge >= 0.3 is 0 Å². The summed E-state index contributed by atoms with van der Waals surface area (Å²) >= 11 is 0. The minimum absolute atomic E-state index is 0.193. The van der Waals surface area contributed by atoms with Gasteiger partial charge in [-0.2, -0.15) is 0 Å². The van der Waals surface area contributed by atoms with Crippen LogP contribution in [0.3, 0.4) is 0 Å². The lowest BCUT2D eigenvalue weighted by atomic mass is 10.0. The van der Waals surface area contributed by atoms with Gasteiger partial charge in [0.05, 0.1) is 6.34 Å². The molecule has 0 aromatic heterocycles. The van der Waals surface area contributed by atoms with E-state index in [1.165, 1.54) is 70.5 Å². The first kappa shape index (κ1) is 24.9. The first-order valence-electron chi connectivity index (χ1n) is 10.9. The largest absolute Gasteiger partial charge is 0.356 e. The van der Waals surface area contributed by atoms with E-state index in [0.29, 0.717) is 6.42 Å². The van der Waals surface area contributed by atoms with Gasteiger partial charge in [-0.15, -0.1) is 0 Å². The predicted molar refractivity (Wildman–Crippen MR) is 113 cm³/mol. The Morgan fingerprint density at radius 3 is 2.04 bits per heavy atom. The molecule has 0 aliphatic rings. The lowest BCUT2D eigenvalue weighted by Gasteiger charge is -2.05. The Morgan fingerprint density at radius 2 is 1.46 bits per heavy atom. The second-order valence-corrected chi connectivity index (χ2v) is 7.73. The Balaban J connectivity index is 3.17. The fraction of sp³-hybridized carbons (Fsp3) is 0.905. The van der Waals surface area contributed by atoms with Crippen molar-refractivity contribution in [1.82, 2.24) is 10.7 Å². The summed E-state index contributed by atoms with van der Waals surface area (Å²) in [6.45, 7) is 6.12. The first-order chi connectivity index (χ1) is 12.7. The minimum Gasteiger partial charge on any atom is -0.356 e. The molecule has 0 atom stereocenters. The number of nitrogens with two attached hydrogens (primary N) is 1. The van der Waals surface area contributed by atoms with Crippen LogP contribution in [0, 0.1) is 5.92 Å². The van der Waals surface area contributed by atoms with Crippen molar-refractivity contribution in [3.8, 4) is 0 Å². The van der Waals surface area contributed by atoms with Gasteiger partial charge in [-0.1, -0.05) is 78.1 Å². The number of carbonyl (C=O) groups excluding carboxylic acids is 1. The molecule has 0 saturated heterocycles. The number of hydrazine groups is 1. The molecule has 5 nitrogen and oxygen atoms in total. The number of unbranched alkanes of at least 4 members (excludes halogenated alkanes) is 10. The van der Waals surface area contributed by atoms with Gasteiger partial charge in [0.1, 0.15) is 0 Å². The van der Waals surface area contributed by atoms with Gasteiger partial charge in [0.25, 0.3) is 0 Å². The molecule has 0 saturated carbocycles. The van der Waals surface area contributed by atoms with Gasteiger partial charge < -0.3 is 10.7 Å². The van der Waals surface area contributed by atoms with Crippen LogP contribution >= 0.6 is 0 Å². The van der Waals surface area contributed by atoms with E-state index in [1.807, 2.05) is 0 Å². The molecule has 0 spiro atoms. The highest BCUT2D eigenvalue weighted by atomic mass is 16.1. The highest BCUT2D eigenvalue weighted by molar-refractivity contribution is 5.75. The van der Waals surface area contributed by atoms with Gasteiger partial charge in [-0.05, 0) is 25.2 Å². The summed E-state index contributed by atoms with van der Waals surface area (Å²) < 4.78 is 0. The molecule has 0 aliphatic carbocycles. The van der Waals surface area contributed by atoms with Crippen molar-refractivity contribution in [3.05, 3.63) is 0 Å². The van der Waals surface area contributed by atoms with E-state index in [4.69, 9.17) is 5.84 Å². The van der Waals surface area contributed by atoms with Gasteiger partial charge in [-0.25, -0.2) is 5.84 Å². The molecule has 4 N–H and O–H groups in total. The molecule has 0 bridgehead atoms. The molecule has 0 aromatic carbocycles.